The Morgan fingerprint density at radius 3 is 2.67 bits per heavy atom. The van der Waals surface area contributed by atoms with Gasteiger partial charge in [0.2, 0.25) is 0 Å². The Labute approximate surface area is 175 Å². The molecular formula is C23H26FN5O. The van der Waals surface area contributed by atoms with Crippen molar-refractivity contribution in [2.75, 3.05) is 19.6 Å². The highest BCUT2D eigenvalue weighted by Crippen LogP contribution is 2.26. The van der Waals surface area contributed by atoms with Gasteiger partial charge >= 0.3 is 0 Å². The van der Waals surface area contributed by atoms with E-state index in [-0.39, 0.29) is 17.8 Å². The molecule has 2 heterocycles. The molecule has 0 saturated carbocycles. The predicted octanol–water partition coefficient (Wildman–Crippen LogP) is 3.65. The molecular weight excluding hydrogens is 381 g/mol. The molecule has 0 bridgehead atoms. The molecule has 4 rings (SSSR count). The number of nitrogens with zero attached hydrogens (tertiary/aromatic N) is 4. The molecule has 0 spiro atoms. The third-order valence-electron chi connectivity index (χ3n) is 5.55. The largest absolute Gasteiger partial charge is 0.337 e. The van der Waals surface area contributed by atoms with Crippen molar-refractivity contribution in [3.8, 4) is 0 Å². The van der Waals surface area contributed by atoms with Gasteiger partial charge in [-0.25, -0.2) is 9.37 Å². The fourth-order valence-corrected chi connectivity index (χ4v) is 3.89. The van der Waals surface area contributed by atoms with Crippen LogP contribution in [0.15, 0.2) is 48.5 Å². The summed E-state index contributed by atoms with van der Waals surface area (Å²) in [4.78, 5) is 21.8. The van der Waals surface area contributed by atoms with Gasteiger partial charge in [-0.1, -0.05) is 36.4 Å². The molecule has 1 N–H and O–H groups in total. The van der Waals surface area contributed by atoms with Gasteiger partial charge in [-0.05, 0) is 43.5 Å². The highest BCUT2D eigenvalue weighted by molar-refractivity contribution is 5.94. The molecule has 7 heteroatoms. The zero-order valence-corrected chi connectivity index (χ0v) is 17.3. The van der Waals surface area contributed by atoms with E-state index in [9.17, 15) is 9.18 Å². The van der Waals surface area contributed by atoms with E-state index in [4.69, 9.17) is 0 Å². The first-order valence-electron chi connectivity index (χ1n) is 10.2. The van der Waals surface area contributed by atoms with Gasteiger partial charge in [0.25, 0.3) is 5.91 Å². The lowest BCUT2D eigenvalue weighted by atomic mass is 10.1. The quantitative estimate of drug-likeness (QED) is 0.717. The number of H-pyrrole nitrogens is 1. The van der Waals surface area contributed by atoms with Crippen molar-refractivity contribution in [1.82, 2.24) is 25.0 Å². The first kappa shape index (κ1) is 20.2. The third kappa shape index (κ3) is 4.41. The zero-order chi connectivity index (χ0) is 21.1. The summed E-state index contributed by atoms with van der Waals surface area (Å²) in [5.41, 5.74) is 2.11. The van der Waals surface area contributed by atoms with Crippen LogP contribution in [-0.2, 0) is 6.54 Å². The smallest absolute Gasteiger partial charge is 0.254 e. The minimum Gasteiger partial charge on any atom is -0.337 e. The molecule has 1 amide bonds. The van der Waals surface area contributed by atoms with Crippen LogP contribution in [0.3, 0.4) is 0 Å². The van der Waals surface area contributed by atoms with Crippen LogP contribution in [-0.4, -0.2) is 50.5 Å². The van der Waals surface area contributed by atoms with Crippen LogP contribution < -0.4 is 0 Å². The lowest BCUT2D eigenvalue weighted by molar-refractivity contribution is 0.0726. The number of carbonyl (C=O) groups is 1. The van der Waals surface area contributed by atoms with Crippen molar-refractivity contribution >= 4 is 5.91 Å². The summed E-state index contributed by atoms with van der Waals surface area (Å²) in [6.45, 7) is 6.20. The summed E-state index contributed by atoms with van der Waals surface area (Å²) in [6.07, 6.45) is 0.826. The van der Waals surface area contributed by atoms with Crippen LogP contribution in [0, 0.1) is 19.7 Å². The number of aromatic amines is 1. The molecule has 156 valence electrons. The van der Waals surface area contributed by atoms with Gasteiger partial charge in [-0.15, -0.1) is 0 Å². The van der Waals surface area contributed by atoms with Crippen molar-refractivity contribution in [2.45, 2.75) is 32.9 Å². The number of rotatable bonds is 4. The number of amides is 1. The Morgan fingerprint density at radius 2 is 1.97 bits per heavy atom. The summed E-state index contributed by atoms with van der Waals surface area (Å²) >= 11 is 0. The SMILES string of the molecule is Cc1nc(C2CN(C(=O)c3ccc(C)c(F)c3)CCCN2Cc2ccccc2)n[nH]1. The first-order chi connectivity index (χ1) is 14.5. The lowest BCUT2D eigenvalue weighted by Crippen LogP contribution is -2.38. The fraction of sp³-hybridized carbons (Fsp3) is 0.348. The summed E-state index contributed by atoms with van der Waals surface area (Å²) in [6, 6.07) is 14.8. The highest BCUT2D eigenvalue weighted by Gasteiger charge is 2.31. The van der Waals surface area contributed by atoms with Crippen LogP contribution >= 0.6 is 0 Å². The molecule has 0 aliphatic carbocycles. The number of nitrogens with one attached hydrogen (secondary N) is 1. The molecule has 1 fully saturated rings. The Kier molecular flexibility index (Phi) is 5.90. The minimum atomic E-state index is -0.359. The van der Waals surface area contributed by atoms with Crippen molar-refractivity contribution in [1.29, 1.82) is 0 Å². The molecule has 1 atom stereocenters. The van der Waals surface area contributed by atoms with E-state index in [0.717, 1.165) is 25.3 Å². The van der Waals surface area contributed by atoms with Gasteiger partial charge in [0.15, 0.2) is 5.82 Å². The van der Waals surface area contributed by atoms with Crippen molar-refractivity contribution in [3.63, 3.8) is 0 Å². The van der Waals surface area contributed by atoms with Crippen LogP contribution in [0.4, 0.5) is 4.39 Å². The number of carbonyl (C=O) groups excluding carboxylic acids is 1. The van der Waals surface area contributed by atoms with Gasteiger partial charge in [-0.3, -0.25) is 14.8 Å². The van der Waals surface area contributed by atoms with Crippen LogP contribution in [0.2, 0.25) is 0 Å². The molecule has 0 radical (unpaired) electrons. The second-order valence-electron chi connectivity index (χ2n) is 7.82. The molecule has 1 aliphatic rings. The van der Waals surface area contributed by atoms with Crippen LogP contribution in [0.25, 0.3) is 0 Å². The van der Waals surface area contributed by atoms with Crippen LogP contribution in [0.5, 0.6) is 0 Å². The number of aryl methyl sites for hydroxylation is 2. The average molecular weight is 407 g/mol. The summed E-state index contributed by atoms with van der Waals surface area (Å²) in [5, 5.41) is 7.31. The predicted molar refractivity (Wildman–Crippen MR) is 112 cm³/mol. The molecule has 6 nitrogen and oxygen atoms in total. The van der Waals surface area contributed by atoms with Gasteiger partial charge in [0, 0.05) is 31.7 Å². The lowest BCUT2D eigenvalue weighted by Gasteiger charge is -2.30. The normalized spacial score (nSPS) is 17.7. The first-order valence-corrected chi connectivity index (χ1v) is 10.2. The molecule has 1 unspecified atom stereocenters. The zero-order valence-electron chi connectivity index (χ0n) is 17.3. The molecule has 1 aromatic heterocycles. The summed E-state index contributed by atoms with van der Waals surface area (Å²) in [7, 11) is 0. The van der Waals surface area contributed by atoms with E-state index in [0.29, 0.717) is 30.0 Å². The molecule has 1 saturated heterocycles. The van der Waals surface area contributed by atoms with E-state index in [1.54, 1.807) is 24.0 Å². The Balaban J connectivity index is 1.61. The van der Waals surface area contributed by atoms with E-state index in [1.165, 1.54) is 11.6 Å². The Bertz CT molecular complexity index is 1020. The fourth-order valence-electron chi connectivity index (χ4n) is 3.89. The topological polar surface area (TPSA) is 65.1 Å². The van der Waals surface area contributed by atoms with E-state index >= 15 is 0 Å². The maximum Gasteiger partial charge on any atom is 0.254 e. The second kappa shape index (κ2) is 8.75. The van der Waals surface area contributed by atoms with E-state index in [2.05, 4.69) is 32.2 Å². The second-order valence-corrected chi connectivity index (χ2v) is 7.82. The van der Waals surface area contributed by atoms with Crippen LogP contribution in [0.1, 0.15) is 45.6 Å². The summed E-state index contributed by atoms with van der Waals surface area (Å²) in [5.74, 6) is 0.904. The molecule has 30 heavy (non-hydrogen) atoms. The van der Waals surface area contributed by atoms with Gasteiger partial charge in [0.05, 0.1) is 6.04 Å². The van der Waals surface area contributed by atoms with Gasteiger partial charge in [-0.2, -0.15) is 5.10 Å². The molecule has 1 aliphatic heterocycles. The van der Waals surface area contributed by atoms with Gasteiger partial charge < -0.3 is 4.90 Å². The van der Waals surface area contributed by atoms with Crippen molar-refractivity contribution in [3.05, 3.63) is 82.7 Å². The third-order valence-corrected chi connectivity index (χ3v) is 5.55. The Hall–Kier alpha value is -3.06. The number of hydrogen-bond acceptors (Lipinski definition) is 4. The van der Waals surface area contributed by atoms with Gasteiger partial charge in [0.1, 0.15) is 11.6 Å². The van der Waals surface area contributed by atoms with Crippen molar-refractivity contribution < 1.29 is 9.18 Å². The molecule has 2 aromatic carbocycles. The minimum absolute atomic E-state index is 0.142. The summed E-state index contributed by atoms with van der Waals surface area (Å²) < 4.78 is 14.0. The standard InChI is InChI=1S/C23H26FN5O/c1-16-9-10-19(13-20(16)24)23(30)29-12-6-11-28(14-18-7-4-3-5-8-18)21(15-29)22-25-17(2)26-27-22/h3-5,7-10,13,21H,6,11-12,14-15H2,1-2H3,(H,25,26,27). The maximum absolute atomic E-state index is 14.0. The van der Waals surface area contributed by atoms with E-state index < -0.39 is 0 Å². The average Bonchev–Trinajstić information content (AvgIpc) is 3.07. The number of benzene rings is 2. The Morgan fingerprint density at radius 1 is 1.17 bits per heavy atom. The van der Waals surface area contributed by atoms with E-state index in [1.807, 2.05) is 25.1 Å². The highest BCUT2D eigenvalue weighted by atomic mass is 19.1. The number of hydrogen-bond donors (Lipinski definition) is 1. The molecule has 3 aromatic rings. The monoisotopic (exact) mass is 407 g/mol. The van der Waals surface area contributed by atoms with Crippen molar-refractivity contribution in [2.24, 2.45) is 0 Å². The number of aromatic nitrogens is 3. The maximum atomic E-state index is 14.0. The number of halogens is 1.